The SMILES string of the molecule is COc1cccc(-c2nnc3ccc(OCCNC(=O)COc4ccc(C(C)=O)cc4OC)nn23)c1. The van der Waals surface area contributed by atoms with Crippen LogP contribution in [-0.2, 0) is 4.79 Å². The fraction of sp³-hybridized carbons (Fsp3) is 0.240. The van der Waals surface area contributed by atoms with Crippen LogP contribution in [0.1, 0.15) is 17.3 Å². The maximum absolute atomic E-state index is 12.2. The van der Waals surface area contributed by atoms with Gasteiger partial charge in [-0.2, -0.15) is 4.52 Å². The van der Waals surface area contributed by atoms with E-state index < -0.39 is 0 Å². The average molecular weight is 492 g/mol. The predicted octanol–water partition coefficient (Wildman–Crippen LogP) is 2.59. The Balaban J connectivity index is 1.30. The lowest BCUT2D eigenvalue weighted by Crippen LogP contribution is -2.32. The van der Waals surface area contributed by atoms with Crippen molar-refractivity contribution in [1.29, 1.82) is 0 Å². The molecule has 0 aliphatic rings. The van der Waals surface area contributed by atoms with Crippen LogP contribution >= 0.6 is 0 Å². The zero-order valence-corrected chi connectivity index (χ0v) is 20.1. The lowest BCUT2D eigenvalue weighted by molar-refractivity contribution is -0.123. The molecule has 36 heavy (non-hydrogen) atoms. The molecule has 0 radical (unpaired) electrons. The molecule has 186 valence electrons. The molecule has 2 aromatic heterocycles. The van der Waals surface area contributed by atoms with Gasteiger partial charge < -0.3 is 24.3 Å². The third-order valence-electron chi connectivity index (χ3n) is 5.17. The number of aromatic nitrogens is 4. The number of fused-ring (bicyclic) bond motifs is 1. The van der Waals surface area contributed by atoms with E-state index in [1.165, 1.54) is 14.0 Å². The number of nitrogens with zero attached hydrogens (tertiary/aromatic N) is 4. The molecule has 0 aliphatic carbocycles. The van der Waals surface area contributed by atoms with Gasteiger partial charge in [0.15, 0.2) is 35.4 Å². The van der Waals surface area contributed by atoms with Gasteiger partial charge in [0.05, 0.1) is 20.8 Å². The fourth-order valence-corrected chi connectivity index (χ4v) is 3.34. The Labute approximate surface area is 207 Å². The van der Waals surface area contributed by atoms with Crippen molar-refractivity contribution >= 4 is 17.3 Å². The van der Waals surface area contributed by atoms with Crippen LogP contribution in [0.5, 0.6) is 23.1 Å². The van der Waals surface area contributed by atoms with Gasteiger partial charge >= 0.3 is 0 Å². The molecular weight excluding hydrogens is 466 g/mol. The molecule has 11 nitrogen and oxygen atoms in total. The topological polar surface area (TPSA) is 126 Å². The first-order valence-corrected chi connectivity index (χ1v) is 11.1. The fourth-order valence-electron chi connectivity index (χ4n) is 3.34. The van der Waals surface area contributed by atoms with E-state index in [-0.39, 0.29) is 31.4 Å². The maximum Gasteiger partial charge on any atom is 0.258 e. The summed E-state index contributed by atoms with van der Waals surface area (Å²) >= 11 is 0. The normalized spacial score (nSPS) is 10.6. The van der Waals surface area contributed by atoms with Crippen molar-refractivity contribution < 1.29 is 28.5 Å². The number of amides is 1. The molecule has 1 N–H and O–H groups in total. The minimum atomic E-state index is -0.334. The summed E-state index contributed by atoms with van der Waals surface area (Å²) in [4.78, 5) is 23.7. The van der Waals surface area contributed by atoms with Gasteiger partial charge in [0, 0.05) is 17.2 Å². The monoisotopic (exact) mass is 491 g/mol. The van der Waals surface area contributed by atoms with Crippen LogP contribution < -0.4 is 24.3 Å². The molecule has 2 aromatic carbocycles. The average Bonchev–Trinajstić information content (AvgIpc) is 3.33. The first kappa shape index (κ1) is 24.5. The van der Waals surface area contributed by atoms with Crippen LogP contribution in [0.15, 0.2) is 54.6 Å². The third kappa shape index (κ3) is 5.69. The second-order valence-corrected chi connectivity index (χ2v) is 7.61. The van der Waals surface area contributed by atoms with Gasteiger partial charge in [0.1, 0.15) is 12.4 Å². The largest absolute Gasteiger partial charge is 0.497 e. The van der Waals surface area contributed by atoms with E-state index in [2.05, 4.69) is 20.6 Å². The van der Waals surface area contributed by atoms with Gasteiger partial charge in [-0.25, -0.2) is 0 Å². The number of carbonyl (C=O) groups excluding carboxylic acids is 2. The number of benzene rings is 2. The molecule has 0 fully saturated rings. The maximum atomic E-state index is 12.2. The van der Waals surface area contributed by atoms with E-state index in [0.717, 1.165) is 5.56 Å². The Hall–Kier alpha value is -4.67. The van der Waals surface area contributed by atoms with Crippen LogP contribution in [0.25, 0.3) is 17.0 Å². The zero-order valence-electron chi connectivity index (χ0n) is 20.1. The summed E-state index contributed by atoms with van der Waals surface area (Å²) in [5, 5.41) is 15.5. The number of hydrogen-bond acceptors (Lipinski definition) is 9. The summed E-state index contributed by atoms with van der Waals surface area (Å²) in [6.07, 6.45) is 0. The van der Waals surface area contributed by atoms with E-state index in [0.29, 0.717) is 40.2 Å². The first-order valence-electron chi connectivity index (χ1n) is 11.1. The smallest absolute Gasteiger partial charge is 0.258 e. The van der Waals surface area contributed by atoms with Gasteiger partial charge in [-0.3, -0.25) is 9.59 Å². The van der Waals surface area contributed by atoms with Crippen molar-refractivity contribution in [2.75, 3.05) is 34.0 Å². The summed E-state index contributed by atoms with van der Waals surface area (Å²) in [5.41, 5.74) is 1.86. The van der Waals surface area contributed by atoms with Gasteiger partial charge in [-0.15, -0.1) is 15.3 Å². The summed E-state index contributed by atoms with van der Waals surface area (Å²) in [5.74, 6) is 1.92. The second-order valence-electron chi connectivity index (χ2n) is 7.61. The van der Waals surface area contributed by atoms with Crippen molar-refractivity contribution in [2.45, 2.75) is 6.92 Å². The lowest BCUT2D eigenvalue weighted by atomic mass is 10.1. The molecule has 1 amide bonds. The molecule has 0 saturated heterocycles. The van der Waals surface area contributed by atoms with E-state index in [4.69, 9.17) is 18.9 Å². The van der Waals surface area contributed by atoms with Gasteiger partial charge in [0.2, 0.25) is 5.88 Å². The Morgan fingerprint density at radius 2 is 1.81 bits per heavy atom. The summed E-state index contributed by atoms with van der Waals surface area (Å²) in [7, 11) is 3.06. The van der Waals surface area contributed by atoms with Crippen molar-refractivity contribution in [3.63, 3.8) is 0 Å². The molecule has 0 saturated carbocycles. The number of methoxy groups -OCH3 is 2. The van der Waals surface area contributed by atoms with Crippen LogP contribution in [0.2, 0.25) is 0 Å². The minimum Gasteiger partial charge on any atom is -0.497 e. The zero-order chi connectivity index (χ0) is 25.5. The molecule has 2 heterocycles. The van der Waals surface area contributed by atoms with Gasteiger partial charge in [-0.05, 0) is 43.3 Å². The molecule has 0 unspecified atom stereocenters. The summed E-state index contributed by atoms with van der Waals surface area (Å²) in [6, 6.07) is 15.6. The Kier molecular flexibility index (Phi) is 7.59. The molecule has 4 rings (SSSR count). The Morgan fingerprint density at radius 3 is 2.58 bits per heavy atom. The Bertz CT molecular complexity index is 1390. The predicted molar refractivity (Wildman–Crippen MR) is 130 cm³/mol. The molecule has 0 aliphatic heterocycles. The number of Topliss-reactive ketones (excluding diaryl/α,β-unsaturated/α-hetero) is 1. The van der Waals surface area contributed by atoms with Gasteiger partial charge in [-0.1, -0.05) is 12.1 Å². The Morgan fingerprint density at radius 1 is 0.944 bits per heavy atom. The lowest BCUT2D eigenvalue weighted by Gasteiger charge is -2.12. The van der Waals surface area contributed by atoms with Gasteiger partial charge in [0.25, 0.3) is 5.91 Å². The molecule has 0 atom stereocenters. The van der Waals surface area contributed by atoms with Crippen molar-refractivity contribution in [2.24, 2.45) is 0 Å². The van der Waals surface area contributed by atoms with Crippen molar-refractivity contribution in [3.8, 4) is 34.5 Å². The van der Waals surface area contributed by atoms with E-state index in [1.807, 2.05) is 24.3 Å². The van der Waals surface area contributed by atoms with Crippen LogP contribution in [0.4, 0.5) is 0 Å². The highest BCUT2D eigenvalue weighted by Gasteiger charge is 2.12. The standard InChI is InChI=1S/C25H25N5O6/c1-16(31)17-7-8-20(21(14-17)34-3)36-15-23(32)26-11-12-35-24-10-9-22-27-28-25(30(22)29-24)18-5-4-6-19(13-18)33-2/h4-10,13-14H,11-12,15H2,1-3H3,(H,26,32). The number of ether oxygens (including phenoxy) is 4. The van der Waals surface area contributed by atoms with Crippen molar-refractivity contribution in [1.82, 2.24) is 25.1 Å². The van der Waals surface area contributed by atoms with Crippen LogP contribution in [0, 0.1) is 0 Å². The van der Waals surface area contributed by atoms with E-state index in [1.54, 1.807) is 42.0 Å². The molecule has 0 spiro atoms. The first-order chi connectivity index (χ1) is 17.5. The number of nitrogens with one attached hydrogen (secondary N) is 1. The third-order valence-corrected chi connectivity index (χ3v) is 5.17. The van der Waals surface area contributed by atoms with Crippen molar-refractivity contribution in [3.05, 3.63) is 60.2 Å². The number of carbonyl (C=O) groups is 2. The minimum absolute atomic E-state index is 0.0907. The summed E-state index contributed by atoms with van der Waals surface area (Å²) < 4.78 is 23.3. The van der Waals surface area contributed by atoms with E-state index >= 15 is 0 Å². The highest BCUT2D eigenvalue weighted by Crippen LogP contribution is 2.28. The summed E-state index contributed by atoms with van der Waals surface area (Å²) in [6.45, 7) is 1.68. The van der Waals surface area contributed by atoms with Crippen LogP contribution in [-0.4, -0.2) is 65.5 Å². The highest BCUT2D eigenvalue weighted by molar-refractivity contribution is 5.94. The van der Waals surface area contributed by atoms with E-state index in [9.17, 15) is 9.59 Å². The molecular formula is C25H25N5O6. The molecule has 4 aromatic rings. The second kappa shape index (κ2) is 11.2. The number of ketones is 1. The molecule has 11 heteroatoms. The number of hydrogen-bond donors (Lipinski definition) is 1. The quantitative estimate of drug-likeness (QED) is 0.249. The van der Waals surface area contributed by atoms with Crippen LogP contribution in [0.3, 0.4) is 0 Å². The molecule has 0 bridgehead atoms. The highest BCUT2D eigenvalue weighted by atomic mass is 16.5. The number of rotatable bonds is 11.